The van der Waals surface area contributed by atoms with Gasteiger partial charge in [-0.15, -0.1) is 6.42 Å². The lowest BCUT2D eigenvalue weighted by atomic mass is 10.2. The van der Waals surface area contributed by atoms with E-state index in [1.807, 2.05) is 0 Å². The molecular formula is C12H11ClN2O2. The summed E-state index contributed by atoms with van der Waals surface area (Å²) >= 11 is 6.09. The number of benzene rings is 1. The van der Waals surface area contributed by atoms with Crippen LogP contribution >= 0.6 is 11.6 Å². The molecule has 5 heteroatoms. The van der Waals surface area contributed by atoms with Crippen LogP contribution in [-0.4, -0.2) is 30.5 Å². The fourth-order valence-electron chi connectivity index (χ4n) is 1.47. The highest BCUT2D eigenvalue weighted by molar-refractivity contribution is 6.32. The lowest BCUT2D eigenvalue weighted by molar-refractivity contribution is 0.146. The van der Waals surface area contributed by atoms with E-state index in [0.717, 1.165) is 10.9 Å². The zero-order chi connectivity index (χ0) is 12.3. The van der Waals surface area contributed by atoms with Crippen LogP contribution in [0.4, 0.5) is 0 Å². The summed E-state index contributed by atoms with van der Waals surface area (Å²) < 4.78 is 10.4. The van der Waals surface area contributed by atoms with Gasteiger partial charge in [0.25, 0.3) is 0 Å². The maximum absolute atomic E-state index is 6.09. The Hall–Kier alpha value is -1.70. The van der Waals surface area contributed by atoms with E-state index in [1.54, 1.807) is 19.2 Å². The van der Waals surface area contributed by atoms with Crippen LogP contribution in [0.15, 0.2) is 12.1 Å². The Labute approximate surface area is 104 Å². The highest BCUT2D eigenvalue weighted by Crippen LogP contribution is 2.30. The molecule has 17 heavy (non-hydrogen) atoms. The Kier molecular flexibility index (Phi) is 3.52. The molecular weight excluding hydrogens is 240 g/mol. The molecule has 0 aliphatic rings. The number of fused-ring (bicyclic) bond motifs is 1. The largest absolute Gasteiger partial charge is 0.490 e. The summed E-state index contributed by atoms with van der Waals surface area (Å²) in [4.78, 5) is 0. The van der Waals surface area contributed by atoms with Crippen molar-refractivity contribution in [3.8, 4) is 18.1 Å². The number of hydrogen-bond donors (Lipinski definition) is 1. The lowest BCUT2D eigenvalue weighted by Crippen LogP contribution is -2.04. The topological polar surface area (TPSA) is 47.1 Å². The van der Waals surface area contributed by atoms with E-state index >= 15 is 0 Å². The molecule has 0 aliphatic carbocycles. The van der Waals surface area contributed by atoms with E-state index in [4.69, 9.17) is 27.5 Å². The minimum Gasteiger partial charge on any atom is -0.490 e. The molecule has 88 valence electrons. The standard InChI is InChI=1S/C12H11ClN2O2/c1-3-10-8-6-9(13)12(17-5-4-16-2)7-11(8)15-14-10/h1,6-7H,4-5H2,2H3,(H,14,15). The van der Waals surface area contributed by atoms with Crippen LogP contribution in [0, 0.1) is 12.3 Å². The molecule has 0 aliphatic heterocycles. The summed E-state index contributed by atoms with van der Waals surface area (Å²) in [5.41, 5.74) is 1.35. The van der Waals surface area contributed by atoms with Crippen LogP contribution < -0.4 is 4.74 Å². The first-order chi connectivity index (χ1) is 8.26. The van der Waals surface area contributed by atoms with Gasteiger partial charge in [-0.2, -0.15) is 5.10 Å². The highest BCUT2D eigenvalue weighted by atomic mass is 35.5. The van der Waals surface area contributed by atoms with Crippen molar-refractivity contribution in [3.63, 3.8) is 0 Å². The van der Waals surface area contributed by atoms with Crippen molar-refractivity contribution in [2.75, 3.05) is 20.3 Å². The van der Waals surface area contributed by atoms with E-state index in [2.05, 4.69) is 16.1 Å². The molecule has 0 spiro atoms. The van der Waals surface area contributed by atoms with Gasteiger partial charge in [-0.05, 0) is 6.07 Å². The number of H-pyrrole nitrogens is 1. The predicted molar refractivity (Wildman–Crippen MR) is 66.4 cm³/mol. The van der Waals surface area contributed by atoms with Crippen LogP contribution in [-0.2, 0) is 4.74 Å². The molecule has 1 heterocycles. The van der Waals surface area contributed by atoms with Crippen molar-refractivity contribution in [2.45, 2.75) is 0 Å². The van der Waals surface area contributed by atoms with Crippen LogP contribution in [0.1, 0.15) is 5.69 Å². The van der Waals surface area contributed by atoms with E-state index in [1.165, 1.54) is 0 Å². The third-order valence-corrected chi connectivity index (χ3v) is 2.59. The van der Waals surface area contributed by atoms with Gasteiger partial charge in [-0.3, -0.25) is 5.10 Å². The van der Waals surface area contributed by atoms with Crippen LogP contribution in [0.2, 0.25) is 5.02 Å². The van der Waals surface area contributed by atoms with Gasteiger partial charge in [0.1, 0.15) is 18.1 Å². The second-order valence-electron chi connectivity index (χ2n) is 3.38. The Morgan fingerprint density at radius 2 is 2.29 bits per heavy atom. The van der Waals surface area contributed by atoms with Crippen molar-refractivity contribution >= 4 is 22.5 Å². The number of methoxy groups -OCH3 is 1. The zero-order valence-electron chi connectivity index (χ0n) is 9.29. The molecule has 0 fully saturated rings. The Balaban J connectivity index is 2.33. The Bertz CT molecular complexity index is 572. The molecule has 0 atom stereocenters. The summed E-state index contributed by atoms with van der Waals surface area (Å²) in [5, 5.41) is 8.16. The van der Waals surface area contributed by atoms with Crippen molar-refractivity contribution in [1.82, 2.24) is 10.2 Å². The van der Waals surface area contributed by atoms with E-state index in [-0.39, 0.29) is 0 Å². The van der Waals surface area contributed by atoms with Gasteiger partial charge in [0.2, 0.25) is 0 Å². The Morgan fingerprint density at radius 1 is 1.47 bits per heavy atom. The summed E-state index contributed by atoms with van der Waals surface area (Å²) in [7, 11) is 1.61. The molecule has 2 aromatic rings. The number of halogens is 1. The predicted octanol–water partition coefficient (Wildman–Crippen LogP) is 2.22. The van der Waals surface area contributed by atoms with Crippen LogP contribution in [0.5, 0.6) is 5.75 Å². The van der Waals surface area contributed by atoms with Crippen LogP contribution in [0.3, 0.4) is 0 Å². The number of hydrogen-bond acceptors (Lipinski definition) is 3. The maximum Gasteiger partial charge on any atom is 0.140 e. The van der Waals surface area contributed by atoms with Gasteiger partial charge in [-0.1, -0.05) is 17.5 Å². The van der Waals surface area contributed by atoms with Gasteiger partial charge in [-0.25, -0.2) is 0 Å². The maximum atomic E-state index is 6.09. The molecule has 0 unspecified atom stereocenters. The van der Waals surface area contributed by atoms with Crippen LogP contribution in [0.25, 0.3) is 10.9 Å². The summed E-state index contributed by atoms with van der Waals surface area (Å²) in [6, 6.07) is 3.50. The quantitative estimate of drug-likeness (QED) is 0.669. The lowest BCUT2D eigenvalue weighted by Gasteiger charge is -2.07. The van der Waals surface area contributed by atoms with Crippen molar-refractivity contribution in [3.05, 3.63) is 22.8 Å². The fraction of sp³-hybridized carbons (Fsp3) is 0.250. The average Bonchev–Trinajstić information content (AvgIpc) is 2.71. The number of rotatable bonds is 4. The normalized spacial score (nSPS) is 10.4. The zero-order valence-corrected chi connectivity index (χ0v) is 10.0. The summed E-state index contributed by atoms with van der Waals surface area (Å²) in [6.07, 6.45) is 5.33. The van der Waals surface area contributed by atoms with Crippen molar-refractivity contribution in [2.24, 2.45) is 0 Å². The molecule has 0 amide bonds. The second-order valence-corrected chi connectivity index (χ2v) is 3.79. The minimum absolute atomic E-state index is 0.439. The number of nitrogens with one attached hydrogen (secondary N) is 1. The number of terminal acetylenes is 1. The summed E-state index contributed by atoms with van der Waals surface area (Å²) in [5.74, 6) is 3.09. The number of aromatic amines is 1. The fourth-order valence-corrected chi connectivity index (χ4v) is 1.69. The average molecular weight is 251 g/mol. The molecule has 4 nitrogen and oxygen atoms in total. The van der Waals surface area contributed by atoms with Gasteiger partial charge >= 0.3 is 0 Å². The van der Waals surface area contributed by atoms with Gasteiger partial charge < -0.3 is 9.47 Å². The molecule has 0 radical (unpaired) electrons. The first-order valence-electron chi connectivity index (χ1n) is 5.02. The van der Waals surface area contributed by atoms with Gasteiger partial charge in [0.05, 0.1) is 17.1 Å². The molecule has 0 saturated heterocycles. The smallest absolute Gasteiger partial charge is 0.140 e. The SMILES string of the molecule is C#Cc1[nH]nc2cc(OCCOC)c(Cl)cc12. The monoisotopic (exact) mass is 250 g/mol. The minimum atomic E-state index is 0.439. The molecule has 1 aromatic carbocycles. The third-order valence-electron chi connectivity index (χ3n) is 2.30. The Morgan fingerprint density at radius 3 is 3.00 bits per heavy atom. The number of aromatic nitrogens is 2. The van der Waals surface area contributed by atoms with Crippen molar-refractivity contribution in [1.29, 1.82) is 0 Å². The van der Waals surface area contributed by atoms with Gasteiger partial charge in [0, 0.05) is 18.6 Å². The van der Waals surface area contributed by atoms with Gasteiger partial charge in [0.15, 0.2) is 0 Å². The molecule has 0 bridgehead atoms. The highest BCUT2D eigenvalue weighted by Gasteiger charge is 2.09. The number of nitrogens with zero attached hydrogens (tertiary/aromatic N) is 1. The van der Waals surface area contributed by atoms with Crippen molar-refractivity contribution < 1.29 is 9.47 Å². The first-order valence-corrected chi connectivity index (χ1v) is 5.40. The van der Waals surface area contributed by atoms with E-state index in [0.29, 0.717) is 29.7 Å². The third kappa shape index (κ3) is 2.36. The molecule has 0 saturated carbocycles. The molecule has 2 rings (SSSR count). The van der Waals surface area contributed by atoms with E-state index in [9.17, 15) is 0 Å². The first kappa shape index (κ1) is 11.8. The second kappa shape index (κ2) is 5.09. The molecule has 1 aromatic heterocycles. The molecule has 1 N–H and O–H groups in total. The van der Waals surface area contributed by atoms with E-state index < -0.39 is 0 Å². The summed E-state index contributed by atoms with van der Waals surface area (Å²) in [6.45, 7) is 0.943. The number of ether oxygens (including phenoxy) is 2.